The molecule has 7 nitrogen and oxygen atoms in total. The molecule has 8 heteroatoms. The first-order valence-corrected chi connectivity index (χ1v) is 6.20. The lowest BCUT2D eigenvalue weighted by Crippen LogP contribution is -2.27. The highest BCUT2D eigenvalue weighted by atomic mass is 79.9. The van der Waals surface area contributed by atoms with Gasteiger partial charge in [-0.1, -0.05) is 0 Å². The molecule has 0 saturated heterocycles. The second-order valence-electron chi connectivity index (χ2n) is 3.85. The van der Waals surface area contributed by atoms with E-state index in [9.17, 15) is 4.79 Å². The van der Waals surface area contributed by atoms with Crippen LogP contribution in [0.15, 0.2) is 16.9 Å². The fourth-order valence-corrected chi connectivity index (χ4v) is 1.63. The first kappa shape index (κ1) is 12.9. The fourth-order valence-electron chi connectivity index (χ4n) is 1.33. The third-order valence-electron chi connectivity index (χ3n) is 2.21. The van der Waals surface area contributed by atoms with Crippen LogP contribution in [0.5, 0.6) is 0 Å². The maximum absolute atomic E-state index is 11.7. The van der Waals surface area contributed by atoms with E-state index in [1.807, 2.05) is 0 Å². The molecule has 0 aliphatic carbocycles. The van der Waals surface area contributed by atoms with Crippen molar-refractivity contribution in [3.05, 3.63) is 22.7 Å². The minimum atomic E-state index is -0.447. The molecular weight excluding hydrogens is 302 g/mol. The number of carbonyl (C=O) groups is 1. The van der Waals surface area contributed by atoms with Gasteiger partial charge in [-0.2, -0.15) is 4.98 Å². The number of amides is 1. The Morgan fingerprint density at radius 2 is 2.44 bits per heavy atom. The summed E-state index contributed by atoms with van der Waals surface area (Å²) < 4.78 is 2.18. The zero-order valence-corrected chi connectivity index (χ0v) is 11.3. The molecule has 1 atom stereocenters. The Labute approximate surface area is 111 Å². The van der Waals surface area contributed by atoms with Crippen LogP contribution in [0.3, 0.4) is 0 Å². The van der Waals surface area contributed by atoms with E-state index in [0.29, 0.717) is 18.7 Å². The summed E-state index contributed by atoms with van der Waals surface area (Å²) in [6.45, 7) is 2.04. The van der Waals surface area contributed by atoms with Crippen LogP contribution in [-0.4, -0.2) is 43.2 Å². The summed E-state index contributed by atoms with van der Waals surface area (Å²) in [4.78, 5) is 19.7. The fraction of sp³-hybridized carbons (Fsp3) is 0.400. The topological polar surface area (TPSA) is 92.4 Å². The van der Waals surface area contributed by atoms with Crippen LogP contribution in [0.1, 0.15) is 24.0 Å². The second-order valence-corrected chi connectivity index (χ2v) is 4.76. The predicted molar refractivity (Wildman–Crippen MR) is 67.1 cm³/mol. The number of carbonyl (C=O) groups excluding carboxylic acids is 1. The molecule has 2 N–H and O–H groups in total. The molecule has 2 aromatic heterocycles. The van der Waals surface area contributed by atoms with Gasteiger partial charge >= 0.3 is 0 Å². The largest absolute Gasteiger partial charge is 0.393 e. The molecule has 2 aromatic rings. The molecule has 1 unspecified atom stereocenters. The number of hydrogen-bond donors (Lipinski definition) is 2. The Morgan fingerprint density at radius 3 is 3.17 bits per heavy atom. The number of nitrogens with one attached hydrogen (secondary N) is 1. The van der Waals surface area contributed by atoms with E-state index in [1.54, 1.807) is 19.3 Å². The van der Waals surface area contributed by atoms with Gasteiger partial charge in [0.1, 0.15) is 0 Å². The van der Waals surface area contributed by atoms with E-state index in [2.05, 4.69) is 36.3 Å². The summed E-state index contributed by atoms with van der Waals surface area (Å²) in [5.74, 6) is 0.0438. The molecule has 2 rings (SSSR count). The van der Waals surface area contributed by atoms with Gasteiger partial charge in [0.15, 0.2) is 0 Å². The molecule has 0 spiro atoms. The summed E-state index contributed by atoms with van der Waals surface area (Å²) in [6.07, 6.45) is 3.29. The Balaban J connectivity index is 2.08. The number of aliphatic hydroxyl groups is 1. The van der Waals surface area contributed by atoms with E-state index in [4.69, 9.17) is 5.11 Å². The van der Waals surface area contributed by atoms with Crippen molar-refractivity contribution in [3.8, 4) is 0 Å². The van der Waals surface area contributed by atoms with Gasteiger partial charge < -0.3 is 10.4 Å². The quantitative estimate of drug-likeness (QED) is 0.851. The molecule has 1 amide bonds. The van der Waals surface area contributed by atoms with Gasteiger partial charge in [0.25, 0.3) is 11.7 Å². The smallest absolute Gasteiger partial charge is 0.291 e. The summed E-state index contributed by atoms with van der Waals surface area (Å²) in [7, 11) is 0. The van der Waals surface area contributed by atoms with Gasteiger partial charge in [-0.25, -0.2) is 9.50 Å². The molecule has 96 valence electrons. The van der Waals surface area contributed by atoms with Crippen LogP contribution in [0, 0.1) is 0 Å². The summed E-state index contributed by atoms with van der Waals surface area (Å²) in [5, 5.41) is 15.7. The van der Waals surface area contributed by atoms with Gasteiger partial charge in [0, 0.05) is 18.9 Å². The van der Waals surface area contributed by atoms with Gasteiger partial charge in [-0.05, 0) is 29.3 Å². The molecule has 0 aliphatic heterocycles. The molecular formula is C10H12BrN5O2. The van der Waals surface area contributed by atoms with Crippen LogP contribution < -0.4 is 5.32 Å². The molecule has 2 heterocycles. The minimum Gasteiger partial charge on any atom is -0.393 e. The molecule has 18 heavy (non-hydrogen) atoms. The number of fused-ring (bicyclic) bond motifs is 1. The van der Waals surface area contributed by atoms with E-state index in [1.165, 1.54) is 4.52 Å². The zero-order chi connectivity index (χ0) is 13.1. The van der Waals surface area contributed by atoms with Crippen molar-refractivity contribution >= 4 is 27.6 Å². The van der Waals surface area contributed by atoms with Crippen molar-refractivity contribution in [2.24, 2.45) is 0 Å². The first-order chi connectivity index (χ1) is 8.56. The molecule has 0 saturated carbocycles. The predicted octanol–water partition coefficient (Wildman–Crippen LogP) is 0.387. The van der Waals surface area contributed by atoms with Gasteiger partial charge in [0.05, 0.1) is 10.6 Å². The third-order valence-corrected chi connectivity index (χ3v) is 2.62. The molecule has 0 bridgehead atoms. The summed E-state index contributed by atoms with van der Waals surface area (Å²) >= 11 is 3.26. The lowest BCUT2D eigenvalue weighted by Gasteiger charge is -2.03. The van der Waals surface area contributed by atoms with Gasteiger partial charge in [-0.3, -0.25) is 4.79 Å². The van der Waals surface area contributed by atoms with Crippen LogP contribution in [0.25, 0.3) is 5.78 Å². The molecule has 0 aliphatic rings. The lowest BCUT2D eigenvalue weighted by atomic mass is 10.3. The third kappa shape index (κ3) is 3.02. The Kier molecular flexibility index (Phi) is 3.87. The highest BCUT2D eigenvalue weighted by Gasteiger charge is 2.13. The Hall–Kier alpha value is -1.54. The minimum absolute atomic E-state index is 0.0613. The normalized spacial score (nSPS) is 12.6. The summed E-state index contributed by atoms with van der Waals surface area (Å²) in [6, 6.07) is 0. The number of nitrogens with zero attached hydrogens (tertiary/aromatic N) is 4. The van der Waals surface area contributed by atoms with Crippen molar-refractivity contribution in [3.63, 3.8) is 0 Å². The number of aromatic nitrogens is 4. The number of rotatable bonds is 4. The van der Waals surface area contributed by atoms with Gasteiger partial charge in [0.2, 0.25) is 5.82 Å². The molecule has 0 fully saturated rings. The average molecular weight is 314 g/mol. The Morgan fingerprint density at radius 1 is 1.67 bits per heavy atom. The SMILES string of the molecule is CC(O)CCNC(=O)c1nc2ncc(Br)cn2n1. The number of halogens is 1. The van der Waals surface area contributed by atoms with E-state index < -0.39 is 6.10 Å². The maximum Gasteiger partial charge on any atom is 0.291 e. The van der Waals surface area contributed by atoms with Crippen molar-refractivity contribution in [1.82, 2.24) is 24.9 Å². The van der Waals surface area contributed by atoms with Crippen LogP contribution in [-0.2, 0) is 0 Å². The maximum atomic E-state index is 11.7. The van der Waals surface area contributed by atoms with Crippen molar-refractivity contribution in [1.29, 1.82) is 0 Å². The second kappa shape index (κ2) is 5.40. The van der Waals surface area contributed by atoms with Crippen LogP contribution >= 0.6 is 15.9 Å². The van der Waals surface area contributed by atoms with Crippen molar-refractivity contribution in [2.75, 3.05) is 6.54 Å². The molecule has 0 radical (unpaired) electrons. The highest BCUT2D eigenvalue weighted by Crippen LogP contribution is 2.07. The Bertz CT molecular complexity index is 568. The lowest BCUT2D eigenvalue weighted by molar-refractivity contribution is 0.0935. The van der Waals surface area contributed by atoms with E-state index in [-0.39, 0.29) is 11.7 Å². The van der Waals surface area contributed by atoms with Crippen LogP contribution in [0.4, 0.5) is 0 Å². The number of aliphatic hydroxyl groups excluding tert-OH is 1. The van der Waals surface area contributed by atoms with Crippen molar-refractivity contribution in [2.45, 2.75) is 19.4 Å². The van der Waals surface area contributed by atoms with E-state index in [0.717, 1.165) is 4.47 Å². The van der Waals surface area contributed by atoms with E-state index >= 15 is 0 Å². The van der Waals surface area contributed by atoms with Crippen LogP contribution in [0.2, 0.25) is 0 Å². The average Bonchev–Trinajstić information content (AvgIpc) is 2.71. The summed E-state index contributed by atoms with van der Waals surface area (Å²) in [5.41, 5.74) is 0. The highest BCUT2D eigenvalue weighted by molar-refractivity contribution is 9.10. The van der Waals surface area contributed by atoms with Crippen molar-refractivity contribution < 1.29 is 9.90 Å². The monoisotopic (exact) mass is 313 g/mol. The number of hydrogen-bond acceptors (Lipinski definition) is 5. The zero-order valence-electron chi connectivity index (χ0n) is 9.67. The van der Waals surface area contributed by atoms with Gasteiger partial charge in [-0.15, -0.1) is 5.10 Å². The molecule has 0 aromatic carbocycles. The standard InChI is InChI=1S/C10H12BrN5O2/c1-6(17)2-3-12-9(18)8-14-10-13-4-7(11)5-16(10)15-8/h4-6,17H,2-3H2,1H3,(H,12,18). The first-order valence-electron chi connectivity index (χ1n) is 5.40.